The van der Waals surface area contributed by atoms with Gasteiger partial charge in [-0.3, -0.25) is 0 Å². The summed E-state index contributed by atoms with van der Waals surface area (Å²) in [5, 5.41) is 0. The predicted octanol–water partition coefficient (Wildman–Crippen LogP) is 9.52. The summed E-state index contributed by atoms with van der Waals surface area (Å²) in [5.41, 5.74) is 7.71. The van der Waals surface area contributed by atoms with E-state index in [2.05, 4.69) is 98.8 Å². The van der Waals surface area contributed by atoms with Crippen molar-refractivity contribution in [3.8, 4) is 11.1 Å². The van der Waals surface area contributed by atoms with Gasteiger partial charge in [-0.25, -0.2) is 4.39 Å². The van der Waals surface area contributed by atoms with Crippen LogP contribution in [-0.2, 0) is 12.8 Å². The third-order valence-electron chi connectivity index (χ3n) is 6.46. The van der Waals surface area contributed by atoms with Crippen LogP contribution in [0.4, 0.5) is 4.39 Å². The van der Waals surface area contributed by atoms with Crippen LogP contribution in [0, 0.1) is 5.82 Å². The number of aryl methyl sites for hydroxylation is 1. The Balaban J connectivity index is 1.38. The van der Waals surface area contributed by atoms with Crippen molar-refractivity contribution in [1.82, 2.24) is 0 Å². The molecule has 0 unspecified atom stereocenters. The van der Waals surface area contributed by atoms with E-state index in [9.17, 15) is 4.39 Å². The normalized spacial score (nSPS) is 12.4. The van der Waals surface area contributed by atoms with E-state index in [0.717, 1.165) is 30.4 Å². The third kappa shape index (κ3) is 6.90. The largest absolute Gasteiger partial charge is 0.206 e. The molecule has 1 heteroatoms. The Morgan fingerprint density at radius 3 is 2.06 bits per heavy atom. The molecular weight excluding hydrogens is 427 g/mol. The molecule has 0 saturated heterocycles. The first kappa shape index (κ1) is 24.4. The fraction of sp³-hybridized carbons (Fsp3) is 0.176. The van der Waals surface area contributed by atoms with Gasteiger partial charge in [-0.2, -0.15) is 0 Å². The van der Waals surface area contributed by atoms with Crippen molar-refractivity contribution in [2.45, 2.75) is 39.0 Å². The summed E-state index contributed by atoms with van der Waals surface area (Å²) in [6.07, 6.45) is 11.1. The monoisotopic (exact) mass is 460 g/mol. The molecular formula is C34H33F. The molecule has 4 rings (SSSR count). The van der Waals surface area contributed by atoms with Gasteiger partial charge in [0.05, 0.1) is 0 Å². The average Bonchev–Trinajstić information content (AvgIpc) is 2.90. The highest BCUT2D eigenvalue weighted by Crippen LogP contribution is 2.24. The standard InChI is InChI=1S/C34H33F/c1-3-4-6-9-27-12-18-31(19-13-27)32-20-14-28(15-21-32)16-22-33-23-17-29(25-34(33)35)24-26(2)30-10-7-5-8-11-30/h3-5,7-8,10-23,25-26H,6,9,24H2,1-2H3/t26-/m0/s1. The van der Waals surface area contributed by atoms with Crippen LogP contribution in [0.5, 0.6) is 0 Å². The second-order valence-corrected chi connectivity index (χ2v) is 9.13. The number of hydrogen-bond acceptors (Lipinski definition) is 0. The van der Waals surface area contributed by atoms with E-state index in [0.29, 0.717) is 11.5 Å². The number of rotatable bonds is 9. The lowest BCUT2D eigenvalue weighted by Gasteiger charge is -2.12. The highest BCUT2D eigenvalue weighted by Gasteiger charge is 2.08. The fourth-order valence-corrected chi connectivity index (χ4v) is 4.34. The fourth-order valence-electron chi connectivity index (χ4n) is 4.34. The molecule has 0 fully saturated rings. The summed E-state index contributed by atoms with van der Waals surface area (Å²) in [6, 6.07) is 33.2. The lowest BCUT2D eigenvalue weighted by Crippen LogP contribution is -1.99. The molecule has 0 bridgehead atoms. The molecule has 4 aromatic carbocycles. The first-order valence-corrected chi connectivity index (χ1v) is 12.4. The van der Waals surface area contributed by atoms with Crippen molar-refractivity contribution >= 4 is 12.2 Å². The summed E-state index contributed by atoms with van der Waals surface area (Å²) in [7, 11) is 0. The van der Waals surface area contributed by atoms with Gasteiger partial charge in [0.15, 0.2) is 0 Å². The van der Waals surface area contributed by atoms with Crippen molar-refractivity contribution in [2.24, 2.45) is 0 Å². The highest BCUT2D eigenvalue weighted by atomic mass is 19.1. The summed E-state index contributed by atoms with van der Waals surface area (Å²) in [4.78, 5) is 0. The Morgan fingerprint density at radius 1 is 0.743 bits per heavy atom. The van der Waals surface area contributed by atoms with Crippen molar-refractivity contribution in [1.29, 1.82) is 0 Å². The smallest absolute Gasteiger partial charge is 0.130 e. The van der Waals surface area contributed by atoms with Crippen LogP contribution in [0.2, 0.25) is 0 Å². The summed E-state index contributed by atoms with van der Waals surface area (Å²) in [5.74, 6) is 0.176. The molecule has 0 N–H and O–H groups in total. The number of allylic oxidation sites excluding steroid dienone is 2. The van der Waals surface area contributed by atoms with Gasteiger partial charge < -0.3 is 0 Å². The first-order chi connectivity index (χ1) is 17.1. The summed E-state index contributed by atoms with van der Waals surface area (Å²) >= 11 is 0. The molecule has 35 heavy (non-hydrogen) atoms. The van der Waals surface area contributed by atoms with Crippen LogP contribution in [0.25, 0.3) is 23.3 Å². The zero-order valence-electron chi connectivity index (χ0n) is 20.6. The van der Waals surface area contributed by atoms with E-state index >= 15 is 0 Å². The van der Waals surface area contributed by atoms with Crippen molar-refractivity contribution in [3.05, 3.63) is 143 Å². The number of benzene rings is 4. The Kier molecular flexibility index (Phi) is 8.46. The minimum Gasteiger partial charge on any atom is -0.206 e. The Labute approximate surface area is 209 Å². The third-order valence-corrected chi connectivity index (χ3v) is 6.46. The van der Waals surface area contributed by atoms with Gasteiger partial charge in [-0.15, -0.1) is 0 Å². The van der Waals surface area contributed by atoms with Crippen LogP contribution in [0.15, 0.2) is 109 Å². The predicted molar refractivity (Wildman–Crippen MR) is 149 cm³/mol. The van der Waals surface area contributed by atoms with Crippen molar-refractivity contribution in [2.75, 3.05) is 0 Å². The Morgan fingerprint density at radius 2 is 1.40 bits per heavy atom. The molecule has 0 aliphatic rings. The molecule has 0 aromatic heterocycles. The van der Waals surface area contributed by atoms with Gasteiger partial charge in [-0.1, -0.05) is 122 Å². The van der Waals surface area contributed by atoms with Crippen molar-refractivity contribution in [3.63, 3.8) is 0 Å². The molecule has 0 aliphatic heterocycles. The molecule has 0 heterocycles. The topological polar surface area (TPSA) is 0 Å². The van der Waals surface area contributed by atoms with Gasteiger partial charge in [0.2, 0.25) is 0 Å². The van der Waals surface area contributed by atoms with Gasteiger partial charge in [0.25, 0.3) is 0 Å². The highest BCUT2D eigenvalue weighted by molar-refractivity contribution is 5.72. The molecule has 0 saturated carbocycles. The van der Waals surface area contributed by atoms with Crippen LogP contribution in [-0.4, -0.2) is 0 Å². The minimum atomic E-state index is -0.176. The minimum absolute atomic E-state index is 0.176. The molecule has 0 aliphatic carbocycles. The van der Waals surface area contributed by atoms with E-state index in [1.807, 2.05) is 30.4 Å². The molecule has 1 atom stereocenters. The van der Waals surface area contributed by atoms with Crippen LogP contribution >= 0.6 is 0 Å². The number of halogens is 1. The maximum absolute atomic E-state index is 14.8. The molecule has 0 radical (unpaired) electrons. The second kappa shape index (κ2) is 12.1. The zero-order chi connectivity index (χ0) is 24.5. The molecule has 4 aromatic rings. The lowest BCUT2D eigenvalue weighted by atomic mass is 9.93. The molecule has 0 nitrogen and oxygen atoms in total. The molecule has 0 spiro atoms. The van der Waals surface area contributed by atoms with Gasteiger partial charge >= 0.3 is 0 Å². The van der Waals surface area contributed by atoms with Gasteiger partial charge in [0.1, 0.15) is 5.82 Å². The van der Waals surface area contributed by atoms with E-state index in [1.165, 1.54) is 22.3 Å². The zero-order valence-corrected chi connectivity index (χ0v) is 20.6. The SMILES string of the molecule is CC=CCCc1ccc(-c2ccc(C=Cc3ccc(C[C@H](C)c4ccccc4)cc3F)cc2)cc1. The number of hydrogen-bond donors (Lipinski definition) is 0. The second-order valence-electron chi connectivity index (χ2n) is 9.13. The quantitative estimate of drug-likeness (QED) is 0.172. The summed E-state index contributed by atoms with van der Waals surface area (Å²) in [6.45, 7) is 4.24. The van der Waals surface area contributed by atoms with Gasteiger partial charge in [0, 0.05) is 5.56 Å². The van der Waals surface area contributed by atoms with E-state index in [4.69, 9.17) is 0 Å². The Bertz CT molecular complexity index is 1260. The molecule has 176 valence electrons. The lowest BCUT2D eigenvalue weighted by molar-refractivity contribution is 0.620. The Hall–Kier alpha value is -3.71. The maximum atomic E-state index is 14.8. The van der Waals surface area contributed by atoms with Crippen LogP contribution in [0.1, 0.15) is 54.0 Å². The van der Waals surface area contributed by atoms with E-state index in [1.54, 1.807) is 6.07 Å². The first-order valence-electron chi connectivity index (χ1n) is 12.4. The van der Waals surface area contributed by atoms with Crippen LogP contribution < -0.4 is 0 Å². The average molecular weight is 461 g/mol. The van der Waals surface area contributed by atoms with Gasteiger partial charge in [-0.05, 0) is 71.6 Å². The van der Waals surface area contributed by atoms with E-state index < -0.39 is 0 Å². The van der Waals surface area contributed by atoms with Crippen molar-refractivity contribution < 1.29 is 4.39 Å². The molecule has 0 amide bonds. The van der Waals surface area contributed by atoms with E-state index in [-0.39, 0.29) is 5.82 Å². The maximum Gasteiger partial charge on any atom is 0.130 e. The van der Waals surface area contributed by atoms with Crippen LogP contribution in [0.3, 0.4) is 0 Å². The summed E-state index contributed by atoms with van der Waals surface area (Å²) < 4.78 is 14.8.